The molecule has 0 aliphatic heterocycles. The Morgan fingerprint density at radius 1 is 1.05 bits per heavy atom. The minimum absolute atomic E-state index is 0.0441. The Morgan fingerprint density at radius 2 is 1.58 bits per heavy atom. The number of carbonyl (C=O) groups is 1. The van der Waals surface area contributed by atoms with Crippen molar-refractivity contribution in [1.82, 2.24) is 0 Å². The van der Waals surface area contributed by atoms with E-state index in [4.69, 9.17) is 0 Å². The van der Waals surface area contributed by atoms with Gasteiger partial charge in [0.05, 0.1) is 0 Å². The summed E-state index contributed by atoms with van der Waals surface area (Å²) in [6, 6.07) is 8.06. The largest absolute Gasteiger partial charge is 0.326 e. The summed E-state index contributed by atoms with van der Waals surface area (Å²) in [7, 11) is 0. The van der Waals surface area contributed by atoms with Crippen LogP contribution < -0.4 is 5.32 Å². The Morgan fingerprint density at radius 3 is 2.00 bits per heavy atom. The first kappa shape index (κ1) is 16.1. The summed E-state index contributed by atoms with van der Waals surface area (Å²) in [4.78, 5) is 13.1. The van der Waals surface area contributed by atoms with Crippen molar-refractivity contribution in [3.63, 3.8) is 0 Å². The van der Waals surface area contributed by atoms with E-state index in [0.717, 1.165) is 11.4 Å². The molecule has 106 valence electrons. The number of carbonyl (C=O) groups excluding carboxylic acids is 1. The normalized spacial score (nSPS) is 12.3. The van der Waals surface area contributed by atoms with Crippen LogP contribution in [0.25, 0.3) is 0 Å². The van der Waals surface area contributed by atoms with E-state index < -0.39 is 0 Å². The summed E-state index contributed by atoms with van der Waals surface area (Å²) in [6.45, 7) is 12.4. The molecule has 1 amide bonds. The van der Waals surface area contributed by atoms with Gasteiger partial charge in [-0.3, -0.25) is 4.79 Å². The summed E-state index contributed by atoms with van der Waals surface area (Å²) in [6.07, 6.45) is 0. The highest BCUT2D eigenvalue weighted by atomic mass is 32.2. The van der Waals surface area contributed by atoms with Gasteiger partial charge in [0.1, 0.15) is 0 Å². The molecule has 0 saturated carbocycles. The zero-order valence-electron chi connectivity index (χ0n) is 12.8. The molecule has 1 aromatic carbocycles. The van der Waals surface area contributed by atoms with Crippen LogP contribution in [0, 0.1) is 10.8 Å². The van der Waals surface area contributed by atoms with Gasteiger partial charge in [0, 0.05) is 21.8 Å². The van der Waals surface area contributed by atoms with Gasteiger partial charge < -0.3 is 5.32 Å². The van der Waals surface area contributed by atoms with Crippen LogP contribution in [-0.4, -0.2) is 11.7 Å². The van der Waals surface area contributed by atoms with Crippen molar-refractivity contribution in [2.45, 2.75) is 46.4 Å². The smallest absolute Gasteiger partial charge is 0.229 e. The van der Waals surface area contributed by atoms with Crippen LogP contribution in [0.2, 0.25) is 0 Å². The van der Waals surface area contributed by atoms with Gasteiger partial charge in [-0.05, 0) is 29.7 Å². The third-order valence-electron chi connectivity index (χ3n) is 2.47. The number of rotatable bonds is 3. The van der Waals surface area contributed by atoms with E-state index in [0.29, 0.717) is 5.41 Å². The molecule has 0 aliphatic carbocycles. The fourth-order valence-electron chi connectivity index (χ4n) is 1.25. The molecule has 0 aromatic heterocycles. The Labute approximate surface area is 121 Å². The van der Waals surface area contributed by atoms with Crippen LogP contribution in [0.15, 0.2) is 29.2 Å². The molecule has 1 aromatic rings. The standard InChI is InChI=1S/C16H25NOS/c1-15(2,3)11-19-13-9-7-12(8-10-13)17-14(18)16(4,5)6/h7-10H,11H2,1-6H3,(H,17,18). The van der Waals surface area contributed by atoms with E-state index in [9.17, 15) is 4.79 Å². The zero-order chi connectivity index (χ0) is 14.7. The van der Waals surface area contributed by atoms with Crippen LogP contribution >= 0.6 is 11.8 Å². The predicted octanol–water partition coefficient (Wildman–Crippen LogP) is 4.81. The Bertz CT molecular complexity index is 424. The zero-order valence-corrected chi connectivity index (χ0v) is 13.6. The average Bonchev–Trinajstić information content (AvgIpc) is 2.26. The molecule has 1 N–H and O–H groups in total. The summed E-state index contributed by atoms with van der Waals surface area (Å²) < 4.78 is 0. The minimum atomic E-state index is -0.361. The number of thioether (sulfide) groups is 1. The first-order chi connectivity index (χ1) is 8.58. The van der Waals surface area contributed by atoms with E-state index in [1.807, 2.05) is 44.7 Å². The maximum Gasteiger partial charge on any atom is 0.229 e. The molecule has 0 atom stereocenters. The molecule has 19 heavy (non-hydrogen) atoms. The second-order valence-corrected chi connectivity index (χ2v) is 8.13. The van der Waals surface area contributed by atoms with Gasteiger partial charge in [0.25, 0.3) is 0 Å². The second-order valence-electron chi connectivity index (χ2n) is 7.08. The van der Waals surface area contributed by atoms with Crippen LogP contribution in [0.5, 0.6) is 0 Å². The average molecular weight is 279 g/mol. The quantitative estimate of drug-likeness (QED) is 0.804. The third kappa shape index (κ3) is 6.15. The molecular formula is C16H25NOS. The van der Waals surface area contributed by atoms with Gasteiger partial charge in [-0.15, -0.1) is 11.8 Å². The molecule has 0 saturated heterocycles. The molecule has 0 heterocycles. The van der Waals surface area contributed by atoms with Crippen LogP contribution in [-0.2, 0) is 4.79 Å². The van der Waals surface area contributed by atoms with E-state index in [-0.39, 0.29) is 11.3 Å². The lowest BCUT2D eigenvalue weighted by molar-refractivity contribution is -0.123. The number of hydrogen-bond donors (Lipinski definition) is 1. The van der Waals surface area contributed by atoms with Gasteiger partial charge in [0.15, 0.2) is 0 Å². The Balaban J connectivity index is 2.60. The van der Waals surface area contributed by atoms with E-state index in [2.05, 4.69) is 38.2 Å². The maximum absolute atomic E-state index is 11.9. The highest BCUT2D eigenvalue weighted by Gasteiger charge is 2.21. The van der Waals surface area contributed by atoms with E-state index in [1.54, 1.807) is 0 Å². The molecule has 2 nitrogen and oxygen atoms in total. The van der Waals surface area contributed by atoms with Crippen molar-refractivity contribution >= 4 is 23.4 Å². The minimum Gasteiger partial charge on any atom is -0.326 e. The number of hydrogen-bond acceptors (Lipinski definition) is 2. The molecule has 0 fully saturated rings. The fourth-order valence-corrected chi connectivity index (χ4v) is 2.18. The molecule has 0 bridgehead atoms. The highest BCUT2D eigenvalue weighted by Crippen LogP contribution is 2.28. The Kier molecular flexibility index (Phi) is 5.08. The van der Waals surface area contributed by atoms with E-state index in [1.165, 1.54) is 4.90 Å². The highest BCUT2D eigenvalue weighted by molar-refractivity contribution is 7.99. The van der Waals surface area contributed by atoms with Crippen LogP contribution in [0.3, 0.4) is 0 Å². The van der Waals surface area contributed by atoms with Crippen molar-refractivity contribution < 1.29 is 4.79 Å². The molecule has 0 spiro atoms. The van der Waals surface area contributed by atoms with Crippen molar-refractivity contribution in [1.29, 1.82) is 0 Å². The van der Waals surface area contributed by atoms with Crippen molar-refractivity contribution in [2.24, 2.45) is 10.8 Å². The maximum atomic E-state index is 11.9. The lowest BCUT2D eigenvalue weighted by Gasteiger charge is -2.18. The summed E-state index contributed by atoms with van der Waals surface area (Å²) in [5.74, 6) is 1.13. The first-order valence-corrected chi connectivity index (χ1v) is 7.61. The van der Waals surface area contributed by atoms with Gasteiger partial charge in [-0.1, -0.05) is 41.5 Å². The first-order valence-electron chi connectivity index (χ1n) is 6.62. The summed E-state index contributed by atoms with van der Waals surface area (Å²) in [5, 5.41) is 2.93. The lowest BCUT2D eigenvalue weighted by Crippen LogP contribution is -2.27. The van der Waals surface area contributed by atoms with Crippen molar-refractivity contribution in [3.8, 4) is 0 Å². The monoisotopic (exact) mass is 279 g/mol. The van der Waals surface area contributed by atoms with Gasteiger partial charge >= 0.3 is 0 Å². The third-order valence-corrected chi connectivity index (χ3v) is 4.08. The van der Waals surface area contributed by atoms with Crippen molar-refractivity contribution in [2.75, 3.05) is 11.1 Å². The van der Waals surface area contributed by atoms with E-state index >= 15 is 0 Å². The molecule has 0 unspecified atom stereocenters. The number of benzene rings is 1. The molecule has 0 aliphatic rings. The Hall–Kier alpha value is -0.960. The van der Waals surface area contributed by atoms with Crippen LogP contribution in [0.4, 0.5) is 5.69 Å². The summed E-state index contributed by atoms with van der Waals surface area (Å²) in [5.41, 5.74) is 0.823. The summed E-state index contributed by atoms with van der Waals surface area (Å²) >= 11 is 1.85. The number of amides is 1. The SMILES string of the molecule is CC(C)(C)CSc1ccc(NC(=O)C(C)(C)C)cc1. The molecule has 3 heteroatoms. The topological polar surface area (TPSA) is 29.1 Å². The van der Waals surface area contributed by atoms with Crippen molar-refractivity contribution in [3.05, 3.63) is 24.3 Å². The predicted molar refractivity (Wildman–Crippen MR) is 84.7 cm³/mol. The van der Waals surface area contributed by atoms with Gasteiger partial charge in [-0.25, -0.2) is 0 Å². The van der Waals surface area contributed by atoms with Gasteiger partial charge in [-0.2, -0.15) is 0 Å². The molecule has 1 rings (SSSR count). The fraction of sp³-hybridized carbons (Fsp3) is 0.562. The number of anilines is 1. The lowest BCUT2D eigenvalue weighted by atomic mass is 9.95. The molecule has 0 radical (unpaired) electrons. The second kappa shape index (κ2) is 6.00. The molecular weight excluding hydrogens is 254 g/mol. The van der Waals surface area contributed by atoms with Gasteiger partial charge in [0.2, 0.25) is 5.91 Å². The number of nitrogens with one attached hydrogen (secondary N) is 1. The van der Waals surface area contributed by atoms with Crippen LogP contribution in [0.1, 0.15) is 41.5 Å².